The summed E-state index contributed by atoms with van der Waals surface area (Å²) in [4.78, 5) is 12.2. The second-order valence-electron chi connectivity index (χ2n) is 11.5. The predicted octanol–water partition coefficient (Wildman–Crippen LogP) is 7.37. The van der Waals surface area contributed by atoms with Gasteiger partial charge in [-0.2, -0.15) is 0 Å². The van der Waals surface area contributed by atoms with Crippen LogP contribution in [0.1, 0.15) is 92.4 Å². The first kappa shape index (κ1) is 20.4. The minimum Gasteiger partial charge on any atom is -0.299 e. The molecule has 4 rings (SSSR count). The fourth-order valence-corrected chi connectivity index (χ4v) is 8.13. The van der Waals surface area contributed by atoms with Gasteiger partial charge in [-0.15, -0.1) is 0 Å². The number of hydrogen-bond donors (Lipinski definition) is 0. The average Bonchev–Trinajstić information content (AvgIpc) is 3.02. The molecule has 0 aromatic carbocycles. The van der Waals surface area contributed by atoms with Crippen molar-refractivity contribution >= 4 is 5.78 Å². The van der Waals surface area contributed by atoms with Gasteiger partial charge in [0.1, 0.15) is 5.78 Å². The molecule has 0 spiro atoms. The Morgan fingerprint density at radius 1 is 1.11 bits per heavy atom. The lowest BCUT2D eigenvalue weighted by Gasteiger charge is -2.57. The highest BCUT2D eigenvalue weighted by Crippen LogP contribution is 2.66. The third-order valence-corrected chi connectivity index (χ3v) is 9.90. The molecular formula is C27H42O. The van der Waals surface area contributed by atoms with Crippen molar-refractivity contribution in [3.05, 3.63) is 23.8 Å². The number of ketones is 1. The highest BCUT2D eigenvalue weighted by atomic mass is 16.1. The summed E-state index contributed by atoms with van der Waals surface area (Å²) in [5.41, 5.74) is 2.60. The van der Waals surface area contributed by atoms with E-state index < -0.39 is 0 Å². The van der Waals surface area contributed by atoms with Crippen LogP contribution in [-0.2, 0) is 4.79 Å². The molecule has 0 heterocycles. The molecule has 0 aliphatic heterocycles. The molecule has 0 radical (unpaired) electrons. The molecule has 28 heavy (non-hydrogen) atoms. The molecule has 0 aromatic rings. The van der Waals surface area contributed by atoms with E-state index in [1.54, 1.807) is 5.57 Å². The van der Waals surface area contributed by atoms with Crippen molar-refractivity contribution in [2.45, 2.75) is 92.4 Å². The maximum atomic E-state index is 12.2. The van der Waals surface area contributed by atoms with E-state index in [2.05, 4.69) is 39.0 Å². The first-order valence-corrected chi connectivity index (χ1v) is 12.2. The van der Waals surface area contributed by atoms with Gasteiger partial charge in [-0.1, -0.05) is 52.8 Å². The molecular weight excluding hydrogens is 340 g/mol. The second-order valence-corrected chi connectivity index (χ2v) is 11.5. The van der Waals surface area contributed by atoms with Crippen LogP contribution in [0.5, 0.6) is 0 Å². The Bertz CT molecular complexity index is 670. The van der Waals surface area contributed by atoms with Crippen LogP contribution in [0.4, 0.5) is 0 Å². The minimum atomic E-state index is 0.197. The van der Waals surface area contributed by atoms with Crippen molar-refractivity contribution in [1.29, 1.82) is 0 Å². The van der Waals surface area contributed by atoms with E-state index in [1.807, 2.05) is 13.8 Å². The summed E-state index contributed by atoms with van der Waals surface area (Å²) in [6.45, 7) is 11.8. The van der Waals surface area contributed by atoms with Gasteiger partial charge in [0, 0.05) is 12.3 Å². The SMILES string of the molecule is CC(C)C(=O)CC[C@@H](C)[C@H]1CCC2C3CC=C4C=CCC[C@]4(C)C3CC[C@@]21C. The number of carbonyl (C=O) groups is 1. The van der Waals surface area contributed by atoms with Crippen molar-refractivity contribution in [1.82, 2.24) is 0 Å². The standard InChI is InChI=1S/C27H42O/c1-18(2)25(28)14-9-19(3)22-12-13-23-21-11-10-20-8-6-7-16-26(20,4)24(21)15-17-27(22,23)5/h6,8,10,18-19,21-24H,7,9,11-17H2,1-5H3/t19-,21?,22-,23?,24?,26+,27-/m1/s1. The second kappa shape index (κ2) is 7.44. The Morgan fingerprint density at radius 3 is 2.64 bits per heavy atom. The molecule has 0 N–H and O–H groups in total. The first-order valence-electron chi connectivity index (χ1n) is 12.2. The summed E-state index contributed by atoms with van der Waals surface area (Å²) in [5.74, 6) is 4.86. The number of hydrogen-bond acceptors (Lipinski definition) is 1. The molecule has 7 atom stereocenters. The highest BCUT2D eigenvalue weighted by Gasteiger charge is 2.58. The molecule has 0 aromatic heterocycles. The molecule has 4 aliphatic carbocycles. The Hall–Kier alpha value is -0.850. The number of carbonyl (C=O) groups excluding carboxylic acids is 1. The molecule has 2 saturated carbocycles. The molecule has 0 bridgehead atoms. The van der Waals surface area contributed by atoms with Crippen molar-refractivity contribution in [3.63, 3.8) is 0 Å². The molecule has 1 nitrogen and oxygen atoms in total. The molecule has 0 amide bonds. The Labute approximate surface area is 173 Å². The largest absolute Gasteiger partial charge is 0.299 e. The zero-order valence-electron chi connectivity index (χ0n) is 19.0. The lowest BCUT2D eigenvalue weighted by atomic mass is 9.47. The van der Waals surface area contributed by atoms with E-state index >= 15 is 0 Å². The first-order chi connectivity index (χ1) is 13.3. The number of Topliss-reactive ketones (excluding diaryl/α,β-unsaturated/α-hetero) is 1. The van der Waals surface area contributed by atoms with Crippen LogP contribution >= 0.6 is 0 Å². The number of fused-ring (bicyclic) bond motifs is 5. The van der Waals surface area contributed by atoms with Gasteiger partial charge in [0.2, 0.25) is 0 Å². The summed E-state index contributed by atoms with van der Waals surface area (Å²) < 4.78 is 0. The fourth-order valence-electron chi connectivity index (χ4n) is 8.13. The van der Waals surface area contributed by atoms with Crippen molar-refractivity contribution in [3.8, 4) is 0 Å². The van der Waals surface area contributed by atoms with Gasteiger partial charge in [-0.25, -0.2) is 0 Å². The van der Waals surface area contributed by atoms with Crippen LogP contribution in [-0.4, -0.2) is 5.78 Å². The minimum absolute atomic E-state index is 0.197. The van der Waals surface area contributed by atoms with Gasteiger partial charge in [0.05, 0.1) is 0 Å². The average molecular weight is 383 g/mol. The van der Waals surface area contributed by atoms with Gasteiger partial charge < -0.3 is 0 Å². The summed E-state index contributed by atoms with van der Waals surface area (Å²) in [6.07, 6.45) is 18.9. The van der Waals surface area contributed by atoms with Crippen LogP contribution in [0, 0.1) is 46.3 Å². The zero-order valence-corrected chi connectivity index (χ0v) is 19.0. The summed E-state index contributed by atoms with van der Waals surface area (Å²) in [7, 11) is 0. The molecule has 0 saturated heterocycles. The van der Waals surface area contributed by atoms with Gasteiger partial charge in [-0.05, 0) is 97.4 Å². The fraction of sp³-hybridized carbons (Fsp3) is 0.815. The molecule has 4 aliphatic rings. The number of allylic oxidation sites excluding steroid dienone is 4. The van der Waals surface area contributed by atoms with Crippen LogP contribution in [0.15, 0.2) is 23.8 Å². The van der Waals surface area contributed by atoms with E-state index in [9.17, 15) is 4.79 Å². The third-order valence-electron chi connectivity index (χ3n) is 9.90. The van der Waals surface area contributed by atoms with Gasteiger partial charge in [0.15, 0.2) is 0 Å². The summed E-state index contributed by atoms with van der Waals surface area (Å²) in [5, 5.41) is 0. The van der Waals surface area contributed by atoms with E-state index in [-0.39, 0.29) is 5.92 Å². The van der Waals surface area contributed by atoms with Gasteiger partial charge in [0.25, 0.3) is 0 Å². The lowest BCUT2D eigenvalue weighted by Crippen LogP contribution is -2.49. The molecule has 3 unspecified atom stereocenters. The van der Waals surface area contributed by atoms with Gasteiger partial charge in [-0.3, -0.25) is 4.79 Å². The zero-order chi connectivity index (χ0) is 20.1. The molecule has 156 valence electrons. The lowest BCUT2D eigenvalue weighted by molar-refractivity contribution is -0.122. The smallest absolute Gasteiger partial charge is 0.135 e. The van der Waals surface area contributed by atoms with E-state index in [0.717, 1.165) is 36.5 Å². The highest BCUT2D eigenvalue weighted by molar-refractivity contribution is 5.80. The van der Waals surface area contributed by atoms with Crippen molar-refractivity contribution in [2.24, 2.45) is 46.3 Å². The van der Waals surface area contributed by atoms with Crippen molar-refractivity contribution in [2.75, 3.05) is 0 Å². The maximum absolute atomic E-state index is 12.2. The van der Waals surface area contributed by atoms with E-state index in [0.29, 0.717) is 22.5 Å². The van der Waals surface area contributed by atoms with Gasteiger partial charge >= 0.3 is 0 Å². The number of rotatable bonds is 5. The quantitative estimate of drug-likeness (QED) is 0.485. The van der Waals surface area contributed by atoms with Crippen LogP contribution < -0.4 is 0 Å². The maximum Gasteiger partial charge on any atom is 0.135 e. The normalized spacial score (nSPS) is 43.1. The molecule has 1 heteroatoms. The van der Waals surface area contributed by atoms with Crippen LogP contribution in [0.3, 0.4) is 0 Å². The Kier molecular flexibility index (Phi) is 5.43. The Balaban J connectivity index is 1.50. The topological polar surface area (TPSA) is 17.1 Å². The third kappa shape index (κ3) is 3.16. The Morgan fingerprint density at radius 2 is 1.89 bits per heavy atom. The van der Waals surface area contributed by atoms with Crippen molar-refractivity contribution < 1.29 is 4.79 Å². The summed E-state index contributed by atoms with van der Waals surface area (Å²) >= 11 is 0. The van der Waals surface area contributed by atoms with E-state index in [1.165, 1.54) is 44.9 Å². The van der Waals surface area contributed by atoms with Crippen LogP contribution in [0.2, 0.25) is 0 Å². The van der Waals surface area contributed by atoms with E-state index in [4.69, 9.17) is 0 Å². The summed E-state index contributed by atoms with van der Waals surface area (Å²) in [6, 6.07) is 0. The predicted molar refractivity (Wildman–Crippen MR) is 118 cm³/mol. The van der Waals surface area contributed by atoms with Crippen LogP contribution in [0.25, 0.3) is 0 Å². The molecule has 2 fully saturated rings. The monoisotopic (exact) mass is 382 g/mol.